The summed E-state index contributed by atoms with van der Waals surface area (Å²) in [6, 6.07) is 5.64. The van der Waals surface area contributed by atoms with E-state index >= 15 is 0 Å². The van der Waals surface area contributed by atoms with Crippen LogP contribution in [0.15, 0.2) is 22.1 Å². The van der Waals surface area contributed by atoms with Crippen molar-refractivity contribution >= 4 is 12.0 Å². The van der Waals surface area contributed by atoms with E-state index in [0.717, 1.165) is 12.2 Å². The number of hydrogen-bond donors (Lipinski definition) is 1. The highest BCUT2D eigenvalue weighted by Crippen LogP contribution is 2.47. The van der Waals surface area contributed by atoms with E-state index in [9.17, 15) is 4.79 Å². The molecule has 0 saturated heterocycles. The average molecular weight is 288 g/mol. The Kier molecular flexibility index (Phi) is 5.18. The molecule has 5 heteroatoms. The van der Waals surface area contributed by atoms with Gasteiger partial charge in [-0.2, -0.15) is 5.26 Å². The van der Waals surface area contributed by atoms with E-state index in [-0.39, 0.29) is 11.5 Å². The van der Waals surface area contributed by atoms with Crippen molar-refractivity contribution in [1.29, 1.82) is 5.26 Å². The third-order valence-electron chi connectivity index (χ3n) is 3.58. The van der Waals surface area contributed by atoms with Gasteiger partial charge in [-0.1, -0.05) is 6.92 Å². The SMILES string of the molecule is COCCCNC(=O)/C(C#N)=C/c1ccc([C@H]2C[C@@H]2C)o1. The smallest absolute Gasteiger partial charge is 0.262 e. The first-order chi connectivity index (χ1) is 10.2. The summed E-state index contributed by atoms with van der Waals surface area (Å²) >= 11 is 0. The maximum atomic E-state index is 11.9. The number of ether oxygens (including phenoxy) is 1. The number of nitrogens with one attached hydrogen (secondary N) is 1. The number of nitriles is 1. The van der Waals surface area contributed by atoms with Crippen LogP contribution in [0.5, 0.6) is 0 Å². The van der Waals surface area contributed by atoms with Crippen molar-refractivity contribution in [3.05, 3.63) is 29.2 Å². The quantitative estimate of drug-likeness (QED) is 0.475. The second-order valence-electron chi connectivity index (χ2n) is 5.33. The molecule has 1 aromatic heterocycles. The predicted molar refractivity (Wildman–Crippen MR) is 78.3 cm³/mol. The van der Waals surface area contributed by atoms with Gasteiger partial charge in [0.05, 0.1) is 0 Å². The summed E-state index contributed by atoms with van der Waals surface area (Å²) in [6.07, 6.45) is 3.34. The number of hydrogen-bond acceptors (Lipinski definition) is 4. The minimum Gasteiger partial charge on any atom is -0.461 e. The minimum absolute atomic E-state index is 0.0529. The Morgan fingerprint density at radius 3 is 3.00 bits per heavy atom. The van der Waals surface area contributed by atoms with Gasteiger partial charge in [0.2, 0.25) is 0 Å². The lowest BCUT2D eigenvalue weighted by atomic mass is 10.2. The molecule has 21 heavy (non-hydrogen) atoms. The largest absolute Gasteiger partial charge is 0.461 e. The number of amides is 1. The Morgan fingerprint density at radius 1 is 1.62 bits per heavy atom. The number of carbonyl (C=O) groups excluding carboxylic acids is 1. The molecule has 0 unspecified atom stereocenters. The van der Waals surface area contributed by atoms with Crippen LogP contribution in [0.2, 0.25) is 0 Å². The molecular weight excluding hydrogens is 268 g/mol. The van der Waals surface area contributed by atoms with Gasteiger partial charge in [0.25, 0.3) is 5.91 Å². The molecule has 1 aliphatic carbocycles. The minimum atomic E-state index is -0.383. The van der Waals surface area contributed by atoms with Gasteiger partial charge in [-0.25, -0.2) is 0 Å². The van der Waals surface area contributed by atoms with Gasteiger partial charge < -0.3 is 14.5 Å². The summed E-state index contributed by atoms with van der Waals surface area (Å²) in [5.74, 6) is 2.25. The molecule has 2 atom stereocenters. The first-order valence-electron chi connectivity index (χ1n) is 7.14. The van der Waals surface area contributed by atoms with Gasteiger partial charge >= 0.3 is 0 Å². The fourth-order valence-corrected chi connectivity index (χ4v) is 2.17. The van der Waals surface area contributed by atoms with Gasteiger partial charge in [0.15, 0.2) is 0 Å². The Bertz CT molecular complexity index is 568. The molecule has 1 saturated carbocycles. The van der Waals surface area contributed by atoms with Crippen molar-refractivity contribution in [3.8, 4) is 6.07 Å². The second kappa shape index (κ2) is 7.09. The van der Waals surface area contributed by atoms with Crippen LogP contribution in [-0.4, -0.2) is 26.2 Å². The first-order valence-corrected chi connectivity index (χ1v) is 7.14. The molecule has 0 aromatic carbocycles. The van der Waals surface area contributed by atoms with E-state index in [4.69, 9.17) is 14.4 Å². The number of rotatable bonds is 7. The van der Waals surface area contributed by atoms with Crippen molar-refractivity contribution in [1.82, 2.24) is 5.32 Å². The number of carbonyl (C=O) groups is 1. The van der Waals surface area contributed by atoms with Crippen LogP contribution in [0.1, 0.15) is 37.2 Å². The maximum Gasteiger partial charge on any atom is 0.262 e. The fraction of sp³-hybridized carbons (Fsp3) is 0.500. The number of nitrogens with zero attached hydrogens (tertiary/aromatic N) is 1. The van der Waals surface area contributed by atoms with Crippen molar-refractivity contribution in [3.63, 3.8) is 0 Å². The molecule has 1 heterocycles. The first kappa shape index (κ1) is 15.3. The van der Waals surface area contributed by atoms with E-state index in [1.807, 2.05) is 12.1 Å². The van der Waals surface area contributed by atoms with Crippen LogP contribution >= 0.6 is 0 Å². The summed E-state index contributed by atoms with van der Waals surface area (Å²) in [7, 11) is 1.61. The number of furan rings is 1. The van der Waals surface area contributed by atoms with Crippen molar-refractivity contribution in [2.24, 2.45) is 5.92 Å². The third kappa shape index (κ3) is 4.20. The van der Waals surface area contributed by atoms with E-state index in [0.29, 0.717) is 37.2 Å². The zero-order valence-corrected chi connectivity index (χ0v) is 12.4. The highest BCUT2D eigenvalue weighted by molar-refractivity contribution is 6.01. The predicted octanol–water partition coefficient (Wildman–Crippen LogP) is 2.46. The molecule has 1 N–H and O–H groups in total. The molecule has 1 fully saturated rings. The van der Waals surface area contributed by atoms with Gasteiger partial charge in [-0.05, 0) is 30.9 Å². The topological polar surface area (TPSA) is 75.3 Å². The highest BCUT2D eigenvalue weighted by atomic mass is 16.5. The van der Waals surface area contributed by atoms with Crippen LogP contribution < -0.4 is 5.32 Å². The van der Waals surface area contributed by atoms with E-state index in [2.05, 4.69) is 12.2 Å². The molecule has 112 valence electrons. The van der Waals surface area contributed by atoms with Crippen LogP contribution in [0.25, 0.3) is 6.08 Å². The lowest BCUT2D eigenvalue weighted by molar-refractivity contribution is -0.117. The molecule has 5 nitrogen and oxygen atoms in total. The monoisotopic (exact) mass is 288 g/mol. The molecule has 0 spiro atoms. The molecule has 0 radical (unpaired) electrons. The maximum absolute atomic E-state index is 11.9. The summed E-state index contributed by atoms with van der Waals surface area (Å²) in [5, 5.41) is 11.8. The highest BCUT2D eigenvalue weighted by Gasteiger charge is 2.36. The van der Waals surface area contributed by atoms with Crippen LogP contribution in [0, 0.1) is 17.2 Å². The average Bonchev–Trinajstić information content (AvgIpc) is 3.02. The van der Waals surface area contributed by atoms with Crippen molar-refractivity contribution in [2.45, 2.75) is 25.7 Å². The van der Waals surface area contributed by atoms with Crippen LogP contribution in [0.4, 0.5) is 0 Å². The van der Waals surface area contributed by atoms with Crippen molar-refractivity contribution < 1.29 is 13.9 Å². The van der Waals surface area contributed by atoms with E-state index in [1.54, 1.807) is 13.2 Å². The second-order valence-corrected chi connectivity index (χ2v) is 5.33. The Labute approximate surface area is 124 Å². The lowest BCUT2D eigenvalue weighted by Gasteiger charge is -2.03. The molecule has 0 aliphatic heterocycles. The zero-order chi connectivity index (χ0) is 15.2. The standard InChI is InChI=1S/C16H20N2O3/c1-11-8-14(11)15-5-4-13(21-15)9-12(10-17)16(19)18-6-3-7-20-2/h4-5,9,11,14H,3,6-8H2,1-2H3,(H,18,19)/b12-9+/t11-,14-/m0/s1. The zero-order valence-electron chi connectivity index (χ0n) is 12.4. The Hall–Kier alpha value is -2.06. The summed E-state index contributed by atoms with van der Waals surface area (Å²) in [5.41, 5.74) is 0.0529. The fourth-order valence-electron chi connectivity index (χ4n) is 2.17. The van der Waals surface area contributed by atoms with Gasteiger partial charge in [0.1, 0.15) is 23.2 Å². The lowest BCUT2D eigenvalue weighted by Crippen LogP contribution is -2.26. The van der Waals surface area contributed by atoms with E-state index < -0.39 is 0 Å². The van der Waals surface area contributed by atoms with Crippen LogP contribution in [-0.2, 0) is 9.53 Å². The van der Waals surface area contributed by atoms with E-state index in [1.165, 1.54) is 6.08 Å². The van der Waals surface area contributed by atoms with Crippen LogP contribution in [0.3, 0.4) is 0 Å². The van der Waals surface area contributed by atoms with Gasteiger partial charge in [-0.3, -0.25) is 4.79 Å². The Balaban J connectivity index is 1.94. The molecule has 1 amide bonds. The van der Waals surface area contributed by atoms with Crippen molar-refractivity contribution in [2.75, 3.05) is 20.3 Å². The summed E-state index contributed by atoms with van der Waals surface area (Å²) in [4.78, 5) is 11.9. The van der Waals surface area contributed by atoms with Gasteiger partial charge in [-0.15, -0.1) is 0 Å². The Morgan fingerprint density at radius 2 is 2.38 bits per heavy atom. The molecule has 2 rings (SSSR count). The molecule has 1 aliphatic rings. The molecule has 0 bridgehead atoms. The normalized spacial score (nSPS) is 20.9. The molecular formula is C16H20N2O3. The van der Waals surface area contributed by atoms with Gasteiger partial charge in [0, 0.05) is 32.3 Å². The molecule has 1 aromatic rings. The summed E-state index contributed by atoms with van der Waals surface area (Å²) < 4.78 is 10.6. The summed E-state index contributed by atoms with van der Waals surface area (Å²) in [6.45, 7) is 3.23. The number of methoxy groups -OCH3 is 1. The third-order valence-corrected chi connectivity index (χ3v) is 3.58.